The molecule has 0 saturated heterocycles. The van der Waals surface area contributed by atoms with Crippen LogP contribution in [0.3, 0.4) is 0 Å². The fourth-order valence-electron chi connectivity index (χ4n) is 1.86. The van der Waals surface area contributed by atoms with E-state index in [4.69, 9.17) is 16.3 Å². The van der Waals surface area contributed by atoms with E-state index < -0.39 is 0 Å². The van der Waals surface area contributed by atoms with Gasteiger partial charge in [0.1, 0.15) is 6.73 Å². The summed E-state index contributed by atoms with van der Waals surface area (Å²) in [5.41, 5.74) is 2.18. The van der Waals surface area contributed by atoms with Gasteiger partial charge in [-0.05, 0) is 31.2 Å². The predicted octanol–water partition coefficient (Wildman–Crippen LogP) is 4.20. The van der Waals surface area contributed by atoms with Gasteiger partial charge in [-0.3, -0.25) is 0 Å². The van der Waals surface area contributed by atoms with Gasteiger partial charge in [0.25, 0.3) is 0 Å². The summed E-state index contributed by atoms with van der Waals surface area (Å²) in [6, 6.07) is 13.4. The molecule has 0 fully saturated rings. The standard InChI is InChI=1S/C16H15ClN2O/c1-2-20-12-19-9-5-6-14(19)10-13(11-18)15-7-3-4-8-16(15)17/h3-10H,2,12H2,1H3/b13-10+. The topological polar surface area (TPSA) is 38.0 Å². The molecule has 0 N–H and O–H groups in total. The van der Waals surface area contributed by atoms with Gasteiger partial charge in [0.15, 0.2) is 0 Å². The molecule has 1 heterocycles. The molecular weight excluding hydrogens is 272 g/mol. The first-order chi connectivity index (χ1) is 9.76. The Morgan fingerprint density at radius 3 is 2.85 bits per heavy atom. The van der Waals surface area contributed by atoms with E-state index in [0.29, 0.717) is 23.9 Å². The second-order valence-corrected chi connectivity index (χ2v) is 4.58. The average Bonchev–Trinajstić information content (AvgIpc) is 2.90. The number of nitrogens with zero attached hydrogens (tertiary/aromatic N) is 2. The molecule has 0 radical (unpaired) electrons. The van der Waals surface area contributed by atoms with Gasteiger partial charge >= 0.3 is 0 Å². The van der Waals surface area contributed by atoms with Crippen molar-refractivity contribution < 1.29 is 4.74 Å². The van der Waals surface area contributed by atoms with Crippen LogP contribution in [0.15, 0.2) is 42.6 Å². The Morgan fingerprint density at radius 1 is 1.35 bits per heavy atom. The highest BCUT2D eigenvalue weighted by atomic mass is 35.5. The van der Waals surface area contributed by atoms with Crippen LogP contribution < -0.4 is 0 Å². The van der Waals surface area contributed by atoms with E-state index in [1.807, 2.05) is 54.1 Å². The van der Waals surface area contributed by atoms with Gasteiger partial charge in [-0.2, -0.15) is 5.26 Å². The summed E-state index contributed by atoms with van der Waals surface area (Å²) in [4.78, 5) is 0. The molecule has 0 saturated carbocycles. The van der Waals surface area contributed by atoms with Crippen LogP contribution in [-0.2, 0) is 11.5 Å². The third kappa shape index (κ3) is 3.30. The van der Waals surface area contributed by atoms with Crippen molar-refractivity contribution in [3.63, 3.8) is 0 Å². The summed E-state index contributed by atoms with van der Waals surface area (Å²) >= 11 is 6.14. The summed E-state index contributed by atoms with van der Waals surface area (Å²) in [7, 11) is 0. The Kier molecular flexibility index (Phi) is 5.00. The van der Waals surface area contributed by atoms with Gasteiger partial charge < -0.3 is 9.30 Å². The Morgan fingerprint density at radius 2 is 2.15 bits per heavy atom. The molecule has 1 aromatic carbocycles. The largest absolute Gasteiger partial charge is 0.361 e. The van der Waals surface area contributed by atoms with Crippen molar-refractivity contribution in [1.82, 2.24) is 4.57 Å². The van der Waals surface area contributed by atoms with Crippen LogP contribution in [0.1, 0.15) is 18.2 Å². The molecule has 0 aliphatic carbocycles. The zero-order chi connectivity index (χ0) is 14.4. The van der Waals surface area contributed by atoms with E-state index in [0.717, 1.165) is 11.3 Å². The normalized spacial score (nSPS) is 11.3. The molecule has 2 aromatic rings. The Bertz CT molecular complexity index is 652. The van der Waals surface area contributed by atoms with Crippen molar-refractivity contribution in [3.8, 4) is 6.07 Å². The first kappa shape index (κ1) is 14.4. The number of halogens is 1. The molecule has 0 spiro atoms. The second kappa shape index (κ2) is 6.95. The van der Waals surface area contributed by atoms with Crippen molar-refractivity contribution >= 4 is 23.3 Å². The molecule has 20 heavy (non-hydrogen) atoms. The van der Waals surface area contributed by atoms with Gasteiger partial charge in [-0.1, -0.05) is 29.8 Å². The van der Waals surface area contributed by atoms with Gasteiger partial charge in [-0.15, -0.1) is 0 Å². The molecule has 0 aliphatic heterocycles. The van der Waals surface area contributed by atoms with Gasteiger partial charge in [0.05, 0.1) is 11.6 Å². The van der Waals surface area contributed by atoms with Crippen LogP contribution in [0, 0.1) is 11.3 Å². The summed E-state index contributed by atoms with van der Waals surface area (Å²) < 4.78 is 7.33. The highest BCUT2D eigenvalue weighted by Gasteiger charge is 2.07. The van der Waals surface area contributed by atoms with Gasteiger partial charge in [0.2, 0.25) is 0 Å². The lowest BCUT2D eigenvalue weighted by molar-refractivity contribution is 0.0877. The summed E-state index contributed by atoms with van der Waals surface area (Å²) in [6.45, 7) is 3.07. The van der Waals surface area contributed by atoms with E-state index in [2.05, 4.69) is 6.07 Å². The molecule has 0 amide bonds. The fraction of sp³-hybridized carbons (Fsp3) is 0.188. The van der Waals surface area contributed by atoms with Gasteiger partial charge in [-0.25, -0.2) is 0 Å². The molecule has 4 heteroatoms. The molecule has 3 nitrogen and oxygen atoms in total. The third-order valence-corrected chi connectivity index (χ3v) is 3.21. The van der Waals surface area contributed by atoms with Crippen LogP contribution in [-0.4, -0.2) is 11.2 Å². The average molecular weight is 287 g/mol. The molecule has 0 atom stereocenters. The second-order valence-electron chi connectivity index (χ2n) is 4.17. The van der Waals surface area contributed by atoms with Crippen LogP contribution in [0.25, 0.3) is 11.6 Å². The zero-order valence-corrected chi connectivity index (χ0v) is 12.0. The number of allylic oxidation sites excluding steroid dienone is 1. The lowest BCUT2D eigenvalue weighted by Crippen LogP contribution is -2.02. The number of nitriles is 1. The maximum Gasteiger partial charge on any atom is 0.122 e. The minimum absolute atomic E-state index is 0.469. The van der Waals surface area contributed by atoms with Crippen molar-refractivity contribution in [2.45, 2.75) is 13.7 Å². The molecule has 0 bridgehead atoms. The monoisotopic (exact) mass is 286 g/mol. The van der Waals surface area contributed by atoms with Crippen molar-refractivity contribution in [1.29, 1.82) is 5.26 Å². The van der Waals surface area contributed by atoms with Crippen molar-refractivity contribution in [2.24, 2.45) is 0 Å². The number of hydrogen-bond donors (Lipinski definition) is 0. The number of benzene rings is 1. The van der Waals surface area contributed by atoms with Crippen LogP contribution in [0.2, 0.25) is 5.02 Å². The van der Waals surface area contributed by atoms with E-state index >= 15 is 0 Å². The van der Waals surface area contributed by atoms with Crippen LogP contribution in [0.4, 0.5) is 0 Å². The van der Waals surface area contributed by atoms with Crippen molar-refractivity contribution in [2.75, 3.05) is 6.61 Å². The molecule has 1 aromatic heterocycles. The Labute approximate surface area is 123 Å². The molecule has 0 unspecified atom stereocenters. The third-order valence-electron chi connectivity index (χ3n) is 2.88. The molecule has 2 rings (SSSR count). The number of rotatable bonds is 5. The maximum absolute atomic E-state index is 9.35. The van der Waals surface area contributed by atoms with E-state index in [1.54, 1.807) is 6.07 Å². The van der Waals surface area contributed by atoms with E-state index in [1.165, 1.54) is 0 Å². The first-order valence-electron chi connectivity index (χ1n) is 6.36. The lowest BCUT2D eigenvalue weighted by Gasteiger charge is -2.07. The van der Waals surface area contributed by atoms with Crippen LogP contribution >= 0.6 is 11.6 Å². The number of ether oxygens (including phenoxy) is 1. The molecule has 0 aliphatic rings. The smallest absolute Gasteiger partial charge is 0.122 e. The minimum atomic E-state index is 0.469. The Balaban J connectivity index is 2.36. The SMILES string of the molecule is CCOCn1cccc1/C=C(\C#N)c1ccccc1Cl. The highest BCUT2D eigenvalue weighted by Crippen LogP contribution is 2.25. The quantitative estimate of drug-likeness (QED) is 0.773. The van der Waals surface area contributed by atoms with Crippen molar-refractivity contribution in [3.05, 3.63) is 58.9 Å². The predicted molar refractivity (Wildman–Crippen MR) is 81.0 cm³/mol. The first-order valence-corrected chi connectivity index (χ1v) is 6.73. The van der Waals surface area contributed by atoms with E-state index in [9.17, 15) is 5.26 Å². The van der Waals surface area contributed by atoms with Gasteiger partial charge in [0, 0.05) is 29.1 Å². The van der Waals surface area contributed by atoms with E-state index in [-0.39, 0.29) is 0 Å². The molecule has 102 valence electrons. The zero-order valence-electron chi connectivity index (χ0n) is 11.2. The number of hydrogen-bond acceptors (Lipinski definition) is 2. The highest BCUT2D eigenvalue weighted by molar-refractivity contribution is 6.32. The lowest BCUT2D eigenvalue weighted by atomic mass is 10.1. The molecular formula is C16H15ClN2O. The minimum Gasteiger partial charge on any atom is -0.361 e. The fourth-order valence-corrected chi connectivity index (χ4v) is 2.10. The maximum atomic E-state index is 9.35. The summed E-state index contributed by atoms with van der Waals surface area (Å²) in [5, 5.41) is 9.92. The summed E-state index contributed by atoms with van der Waals surface area (Å²) in [6.07, 6.45) is 3.74. The summed E-state index contributed by atoms with van der Waals surface area (Å²) in [5.74, 6) is 0. The number of aromatic nitrogens is 1. The Hall–Kier alpha value is -2.02. The van der Waals surface area contributed by atoms with Crippen LogP contribution in [0.5, 0.6) is 0 Å².